The second kappa shape index (κ2) is 4.24. The van der Waals surface area contributed by atoms with E-state index in [4.69, 9.17) is 4.74 Å². The van der Waals surface area contributed by atoms with Crippen molar-refractivity contribution in [2.75, 3.05) is 7.11 Å². The molecule has 0 amide bonds. The zero-order valence-corrected chi connectivity index (χ0v) is 12.0. The molecule has 0 saturated heterocycles. The van der Waals surface area contributed by atoms with Crippen molar-refractivity contribution in [1.29, 1.82) is 0 Å². The van der Waals surface area contributed by atoms with Crippen LogP contribution in [0.5, 0.6) is 5.75 Å². The Morgan fingerprint density at radius 2 is 1.70 bits per heavy atom. The third-order valence-electron chi connectivity index (χ3n) is 4.72. The predicted molar refractivity (Wildman–Crippen MR) is 83.2 cm³/mol. The van der Waals surface area contributed by atoms with Gasteiger partial charge in [0, 0.05) is 0 Å². The number of rotatable bonds is 1. The molecule has 0 radical (unpaired) electrons. The Kier molecular flexibility index (Phi) is 2.50. The molecule has 2 aliphatic rings. The van der Waals surface area contributed by atoms with Gasteiger partial charge in [-0.1, -0.05) is 24.3 Å². The van der Waals surface area contributed by atoms with Gasteiger partial charge in [-0.05, 0) is 77.3 Å². The lowest BCUT2D eigenvalue weighted by Crippen LogP contribution is -2.07. The van der Waals surface area contributed by atoms with E-state index in [1.807, 2.05) is 0 Å². The maximum absolute atomic E-state index is 5.35. The van der Waals surface area contributed by atoms with E-state index in [1.54, 1.807) is 18.2 Å². The zero-order valence-electron chi connectivity index (χ0n) is 12.0. The van der Waals surface area contributed by atoms with Crippen LogP contribution in [0.15, 0.2) is 36.4 Å². The number of hydrogen-bond donors (Lipinski definition) is 0. The number of methoxy groups -OCH3 is 1. The first-order chi connectivity index (χ1) is 9.78. The van der Waals surface area contributed by atoms with Crippen LogP contribution in [-0.2, 0) is 19.3 Å². The number of aryl methyl sites for hydroxylation is 1. The molecule has 2 aliphatic carbocycles. The van der Waals surface area contributed by atoms with Gasteiger partial charge in [-0.25, -0.2) is 0 Å². The van der Waals surface area contributed by atoms with E-state index in [-0.39, 0.29) is 0 Å². The van der Waals surface area contributed by atoms with Gasteiger partial charge in [-0.3, -0.25) is 0 Å². The Hall–Kier alpha value is -2.02. The van der Waals surface area contributed by atoms with Gasteiger partial charge >= 0.3 is 0 Å². The maximum atomic E-state index is 5.35. The highest BCUT2D eigenvalue weighted by Crippen LogP contribution is 2.41. The molecule has 4 rings (SSSR count). The van der Waals surface area contributed by atoms with Gasteiger partial charge in [0.25, 0.3) is 0 Å². The molecule has 0 heterocycles. The van der Waals surface area contributed by atoms with Crippen molar-refractivity contribution >= 4 is 5.57 Å². The van der Waals surface area contributed by atoms with Gasteiger partial charge < -0.3 is 4.74 Å². The summed E-state index contributed by atoms with van der Waals surface area (Å²) in [5.41, 5.74) is 10.2. The molecular formula is C19H18O. The molecule has 100 valence electrons. The average molecular weight is 262 g/mol. The summed E-state index contributed by atoms with van der Waals surface area (Å²) in [7, 11) is 1.74. The van der Waals surface area contributed by atoms with Crippen molar-refractivity contribution < 1.29 is 4.74 Å². The minimum atomic E-state index is 0.964. The minimum absolute atomic E-state index is 0.964. The summed E-state index contributed by atoms with van der Waals surface area (Å²) < 4.78 is 5.35. The Morgan fingerprint density at radius 1 is 0.900 bits per heavy atom. The molecule has 0 bridgehead atoms. The van der Waals surface area contributed by atoms with Crippen molar-refractivity contribution in [2.45, 2.75) is 26.2 Å². The largest absolute Gasteiger partial charge is 0.497 e. The normalized spacial score (nSPS) is 15.2. The van der Waals surface area contributed by atoms with Crippen molar-refractivity contribution in [3.8, 4) is 16.9 Å². The van der Waals surface area contributed by atoms with Crippen molar-refractivity contribution in [3.05, 3.63) is 58.7 Å². The molecule has 20 heavy (non-hydrogen) atoms. The van der Waals surface area contributed by atoms with Crippen LogP contribution >= 0.6 is 0 Å². The van der Waals surface area contributed by atoms with E-state index < -0.39 is 0 Å². The zero-order chi connectivity index (χ0) is 13.7. The van der Waals surface area contributed by atoms with Gasteiger partial charge in [-0.2, -0.15) is 0 Å². The SMILES string of the molecule is COc1ccc2c(c1)CCc1c-2ccc2c1CC=C2C. The van der Waals surface area contributed by atoms with Gasteiger partial charge in [0.05, 0.1) is 7.11 Å². The first kappa shape index (κ1) is 11.8. The molecule has 0 fully saturated rings. The van der Waals surface area contributed by atoms with E-state index >= 15 is 0 Å². The lowest BCUT2D eigenvalue weighted by molar-refractivity contribution is 0.414. The molecule has 2 aromatic carbocycles. The Morgan fingerprint density at radius 3 is 2.55 bits per heavy atom. The summed E-state index contributed by atoms with van der Waals surface area (Å²) in [4.78, 5) is 0. The van der Waals surface area contributed by atoms with Gasteiger partial charge in [-0.15, -0.1) is 0 Å². The van der Waals surface area contributed by atoms with Gasteiger partial charge in [0.15, 0.2) is 0 Å². The molecule has 0 spiro atoms. The molecule has 0 N–H and O–H groups in total. The van der Waals surface area contributed by atoms with E-state index in [0.717, 1.165) is 25.0 Å². The van der Waals surface area contributed by atoms with E-state index in [1.165, 1.54) is 27.8 Å². The van der Waals surface area contributed by atoms with Crippen LogP contribution in [0.25, 0.3) is 16.7 Å². The summed E-state index contributed by atoms with van der Waals surface area (Å²) in [5.74, 6) is 0.964. The first-order valence-electron chi connectivity index (χ1n) is 7.27. The van der Waals surface area contributed by atoms with Crippen LogP contribution < -0.4 is 4.74 Å². The second-order valence-corrected chi connectivity index (χ2v) is 5.73. The number of ether oxygens (including phenoxy) is 1. The van der Waals surface area contributed by atoms with Crippen molar-refractivity contribution in [2.24, 2.45) is 0 Å². The monoisotopic (exact) mass is 262 g/mol. The fraction of sp³-hybridized carbons (Fsp3) is 0.263. The molecule has 1 nitrogen and oxygen atoms in total. The number of fused-ring (bicyclic) bond motifs is 5. The molecule has 0 aromatic heterocycles. The molecule has 0 atom stereocenters. The lowest BCUT2D eigenvalue weighted by atomic mass is 9.81. The minimum Gasteiger partial charge on any atom is -0.497 e. The average Bonchev–Trinajstić information content (AvgIpc) is 2.88. The van der Waals surface area contributed by atoms with Crippen molar-refractivity contribution in [1.82, 2.24) is 0 Å². The molecule has 0 unspecified atom stereocenters. The van der Waals surface area contributed by atoms with Crippen LogP contribution in [0, 0.1) is 0 Å². The lowest BCUT2D eigenvalue weighted by Gasteiger charge is -2.23. The smallest absolute Gasteiger partial charge is 0.119 e. The summed E-state index contributed by atoms with van der Waals surface area (Å²) >= 11 is 0. The highest BCUT2D eigenvalue weighted by molar-refractivity contribution is 5.81. The van der Waals surface area contributed by atoms with Gasteiger partial charge in [0.1, 0.15) is 5.75 Å². The van der Waals surface area contributed by atoms with Crippen molar-refractivity contribution in [3.63, 3.8) is 0 Å². The summed E-state index contributed by atoms with van der Waals surface area (Å²) in [6, 6.07) is 11.1. The number of benzene rings is 2. The fourth-order valence-electron chi connectivity index (χ4n) is 3.62. The van der Waals surface area contributed by atoms with E-state index in [0.29, 0.717) is 0 Å². The third kappa shape index (κ3) is 1.56. The molecule has 0 aliphatic heterocycles. The first-order valence-corrected chi connectivity index (χ1v) is 7.27. The topological polar surface area (TPSA) is 9.23 Å². The summed E-state index contributed by atoms with van der Waals surface area (Å²) in [6.45, 7) is 2.22. The van der Waals surface area contributed by atoms with Gasteiger partial charge in [0.2, 0.25) is 0 Å². The Balaban J connectivity index is 1.90. The maximum Gasteiger partial charge on any atom is 0.119 e. The molecular weight excluding hydrogens is 244 g/mol. The Labute approximate surface area is 119 Å². The second-order valence-electron chi connectivity index (χ2n) is 5.73. The van der Waals surface area contributed by atoms with Crippen LogP contribution in [0.4, 0.5) is 0 Å². The molecule has 0 saturated carbocycles. The quantitative estimate of drug-likeness (QED) is 0.739. The molecule has 2 aromatic rings. The van der Waals surface area contributed by atoms with E-state index in [2.05, 4.69) is 43.3 Å². The van der Waals surface area contributed by atoms with Crippen LogP contribution in [-0.4, -0.2) is 7.11 Å². The van der Waals surface area contributed by atoms with Crippen LogP contribution in [0.2, 0.25) is 0 Å². The highest BCUT2D eigenvalue weighted by atomic mass is 16.5. The summed E-state index contributed by atoms with van der Waals surface area (Å²) in [5, 5.41) is 0. The van der Waals surface area contributed by atoms with E-state index in [9.17, 15) is 0 Å². The molecule has 1 heteroatoms. The Bertz CT molecular complexity index is 738. The highest BCUT2D eigenvalue weighted by Gasteiger charge is 2.23. The third-order valence-corrected chi connectivity index (χ3v) is 4.72. The van der Waals surface area contributed by atoms with Crippen LogP contribution in [0.3, 0.4) is 0 Å². The fourth-order valence-corrected chi connectivity index (χ4v) is 3.62. The summed E-state index contributed by atoms with van der Waals surface area (Å²) in [6.07, 6.45) is 5.74. The number of hydrogen-bond acceptors (Lipinski definition) is 1. The van der Waals surface area contributed by atoms with Crippen LogP contribution in [0.1, 0.15) is 29.2 Å². The number of allylic oxidation sites excluding steroid dienone is 2. The standard InChI is InChI=1S/C19H18O/c1-12-3-6-17-15(12)9-10-18-16-8-5-14(20-2)11-13(16)4-7-19(17)18/h3,5,8-11H,4,6-7H2,1-2H3. The predicted octanol–water partition coefficient (Wildman–Crippen LogP) is 4.42.